The van der Waals surface area contributed by atoms with Crippen molar-refractivity contribution in [2.75, 3.05) is 13.7 Å². The zero-order valence-corrected chi connectivity index (χ0v) is 15.8. The molecule has 0 aliphatic rings. The zero-order chi connectivity index (χ0) is 18.6. The first-order chi connectivity index (χ1) is 12.5. The predicted molar refractivity (Wildman–Crippen MR) is 106 cm³/mol. The molecule has 1 aromatic heterocycles. The highest BCUT2D eigenvalue weighted by Gasteiger charge is 2.26. The normalized spacial score (nSPS) is 13.3. The first-order valence-corrected chi connectivity index (χ1v) is 9.41. The quantitative estimate of drug-likeness (QED) is 0.665. The highest BCUT2D eigenvalue weighted by Crippen LogP contribution is 2.32. The van der Waals surface area contributed by atoms with Gasteiger partial charge < -0.3 is 15.2 Å². The predicted octanol–water partition coefficient (Wildman–Crippen LogP) is 3.87. The van der Waals surface area contributed by atoms with Gasteiger partial charge in [-0.05, 0) is 48.6 Å². The van der Waals surface area contributed by atoms with Crippen LogP contribution in [0.4, 0.5) is 0 Å². The fourth-order valence-electron chi connectivity index (χ4n) is 2.74. The summed E-state index contributed by atoms with van der Waals surface area (Å²) >= 11 is 1.56. The Labute approximate surface area is 157 Å². The number of thiophene rings is 1. The number of rotatable bonds is 7. The largest absolute Gasteiger partial charge is 0.497 e. The highest BCUT2D eigenvalue weighted by atomic mass is 32.1. The van der Waals surface area contributed by atoms with Gasteiger partial charge in [0, 0.05) is 16.0 Å². The number of hydrogen-bond acceptors (Lipinski definition) is 4. The maximum absolute atomic E-state index is 12.1. The first kappa shape index (κ1) is 18.4. The first-order valence-electron chi connectivity index (χ1n) is 8.59. The van der Waals surface area contributed by atoms with Crippen LogP contribution in [0, 0.1) is 0 Å². The summed E-state index contributed by atoms with van der Waals surface area (Å²) in [4.78, 5) is 13.0. The number of fused-ring (bicyclic) bond motifs is 1. The number of nitrogens with one attached hydrogen (secondary N) is 1. The Morgan fingerprint density at radius 1 is 1.19 bits per heavy atom. The van der Waals surface area contributed by atoms with Crippen LogP contribution in [0.1, 0.15) is 23.8 Å². The molecule has 3 aromatic rings. The molecule has 0 bridgehead atoms. The number of amides is 1. The van der Waals surface area contributed by atoms with E-state index >= 15 is 0 Å². The summed E-state index contributed by atoms with van der Waals surface area (Å²) in [7, 11) is 1.63. The molecule has 2 aromatic carbocycles. The summed E-state index contributed by atoms with van der Waals surface area (Å²) < 4.78 is 6.26. The minimum absolute atomic E-state index is 0.0674. The molecule has 4 nitrogen and oxygen atoms in total. The molecule has 2 N–H and O–H groups in total. The van der Waals surface area contributed by atoms with E-state index in [0.29, 0.717) is 12.8 Å². The second kappa shape index (κ2) is 7.89. The van der Waals surface area contributed by atoms with E-state index < -0.39 is 5.60 Å². The number of carbonyl (C=O) groups excluding carboxylic acids is 1. The summed E-state index contributed by atoms with van der Waals surface area (Å²) in [6.45, 7) is 1.93. The van der Waals surface area contributed by atoms with Crippen LogP contribution in [0.5, 0.6) is 5.75 Å². The molecule has 0 saturated heterocycles. The van der Waals surface area contributed by atoms with E-state index in [1.54, 1.807) is 25.4 Å². The summed E-state index contributed by atoms with van der Waals surface area (Å²) in [6.07, 6.45) is 1.04. The zero-order valence-electron chi connectivity index (χ0n) is 15.0. The average Bonchev–Trinajstić information content (AvgIpc) is 3.10. The molecule has 0 saturated carbocycles. The van der Waals surface area contributed by atoms with Crippen LogP contribution in [-0.2, 0) is 16.8 Å². The molecule has 0 spiro atoms. The lowest BCUT2D eigenvalue weighted by molar-refractivity contribution is -0.122. The van der Waals surface area contributed by atoms with E-state index in [0.717, 1.165) is 26.3 Å². The van der Waals surface area contributed by atoms with Crippen molar-refractivity contribution in [3.8, 4) is 5.75 Å². The fraction of sp³-hybridized carbons (Fsp3) is 0.286. The molecule has 0 aliphatic carbocycles. The maximum Gasteiger partial charge on any atom is 0.220 e. The third-order valence-electron chi connectivity index (χ3n) is 4.39. The highest BCUT2D eigenvalue weighted by molar-refractivity contribution is 7.19. The lowest BCUT2D eigenvalue weighted by Crippen LogP contribution is -2.38. The summed E-state index contributed by atoms with van der Waals surface area (Å²) in [5.74, 6) is 0.736. The maximum atomic E-state index is 12.1. The Bertz CT molecular complexity index is 851. The van der Waals surface area contributed by atoms with Gasteiger partial charge in [-0.15, -0.1) is 11.3 Å². The van der Waals surface area contributed by atoms with E-state index in [2.05, 4.69) is 5.32 Å². The molecule has 0 radical (unpaired) electrons. The van der Waals surface area contributed by atoms with Crippen molar-refractivity contribution in [3.63, 3.8) is 0 Å². The van der Waals surface area contributed by atoms with Crippen molar-refractivity contribution in [1.29, 1.82) is 0 Å². The van der Waals surface area contributed by atoms with Crippen molar-refractivity contribution in [3.05, 3.63) is 65.0 Å². The number of hydrogen-bond donors (Lipinski definition) is 2. The van der Waals surface area contributed by atoms with Gasteiger partial charge in [0.2, 0.25) is 5.91 Å². The van der Waals surface area contributed by atoms with E-state index in [1.165, 1.54) is 0 Å². The van der Waals surface area contributed by atoms with Gasteiger partial charge in [0.15, 0.2) is 0 Å². The average molecular weight is 369 g/mol. The van der Waals surface area contributed by atoms with E-state index in [-0.39, 0.29) is 12.5 Å². The Kier molecular flexibility index (Phi) is 5.59. The van der Waals surface area contributed by atoms with E-state index in [4.69, 9.17) is 4.74 Å². The molecule has 1 unspecified atom stereocenters. The standard InChI is InChI=1S/C21H23NO3S/c1-21(24,19-13-16-5-3-4-6-18(16)26-19)14-22-20(23)12-9-15-7-10-17(25-2)11-8-15/h3-8,10-11,13,24H,9,12,14H2,1-2H3,(H,22,23). The molecule has 1 heterocycles. The smallest absolute Gasteiger partial charge is 0.220 e. The Morgan fingerprint density at radius 3 is 2.62 bits per heavy atom. The minimum Gasteiger partial charge on any atom is -0.497 e. The van der Waals surface area contributed by atoms with Crippen molar-refractivity contribution in [2.24, 2.45) is 0 Å². The Hall–Kier alpha value is -2.37. The molecule has 1 amide bonds. The van der Waals surface area contributed by atoms with Crippen molar-refractivity contribution >= 4 is 27.3 Å². The lowest BCUT2D eigenvalue weighted by Gasteiger charge is -2.22. The van der Waals surface area contributed by atoms with Gasteiger partial charge in [0.25, 0.3) is 0 Å². The molecule has 5 heteroatoms. The Balaban J connectivity index is 1.53. The monoisotopic (exact) mass is 369 g/mol. The SMILES string of the molecule is COc1ccc(CCC(=O)NCC(C)(O)c2cc3ccccc3s2)cc1. The van der Waals surface area contributed by atoms with Gasteiger partial charge in [0.05, 0.1) is 13.7 Å². The molecule has 3 rings (SSSR count). The second-order valence-corrected chi connectivity index (χ2v) is 7.63. The van der Waals surface area contributed by atoms with Crippen LogP contribution in [-0.4, -0.2) is 24.7 Å². The van der Waals surface area contributed by atoms with E-state index in [1.807, 2.05) is 54.6 Å². The van der Waals surface area contributed by atoms with Crippen LogP contribution < -0.4 is 10.1 Å². The summed E-state index contributed by atoms with van der Waals surface area (Å²) in [5.41, 5.74) is -0.00311. The van der Waals surface area contributed by atoms with Gasteiger partial charge in [-0.2, -0.15) is 0 Å². The van der Waals surface area contributed by atoms with Gasteiger partial charge in [0.1, 0.15) is 11.4 Å². The number of aliphatic hydroxyl groups is 1. The molecule has 0 fully saturated rings. The van der Waals surface area contributed by atoms with Crippen molar-refractivity contribution < 1.29 is 14.6 Å². The second-order valence-electron chi connectivity index (χ2n) is 6.55. The molecule has 26 heavy (non-hydrogen) atoms. The van der Waals surface area contributed by atoms with E-state index in [9.17, 15) is 9.90 Å². The van der Waals surface area contributed by atoms with Gasteiger partial charge in [-0.3, -0.25) is 4.79 Å². The van der Waals surface area contributed by atoms with Crippen LogP contribution in [0.15, 0.2) is 54.6 Å². The number of carbonyl (C=O) groups is 1. The van der Waals surface area contributed by atoms with Crippen LogP contribution in [0.2, 0.25) is 0 Å². The van der Waals surface area contributed by atoms with Crippen molar-refractivity contribution in [2.45, 2.75) is 25.4 Å². The molecular formula is C21H23NO3S. The van der Waals surface area contributed by atoms with Crippen LogP contribution in [0.3, 0.4) is 0 Å². The summed E-state index contributed by atoms with van der Waals surface area (Å²) in [5, 5.41) is 14.7. The van der Waals surface area contributed by atoms with Gasteiger partial charge >= 0.3 is 0 Å². The molecule has 0 aliphatic heterocycles. The van der Waals surface area contributed by atoms with Gasteiger partial charge in [-0.25, -0.2) is 0 Å². The number of benzene rings is 2. The Morgan fingerprint density at radius 2 is 1.92 bits per heavy atom. The third kappa shape index (κ3) is 4.42. The third-order valence-corrected chi connectivity index (χ3v) is 5.76. The van der Waals surface area contributed by atoms with Crippen LogP contribution in [0.25, 0.3) is 10.1 Å². The fourth-order valence-corrected chi connectivity index (χ4v) is 3.85. The molecule has 136 valence electrons. The lowest BCUT2D eigenvalue weighted by atomic mass is 10.0. The topological polar surface area (TPSA) is 58.6 Å². The van der Waals surface area contributed by atoms with Crippen LogP contribution >= 0.6 is 11.3 Å². The van der Waals surface area contributed by atoms with Gasteiger partial charge in [-0.1, -0.05) is 30.3 Å². The molecule has 1 atom stereocenters. The number of aryl methyl sites for hydroxylation is 1. The molecular weight excluding hydrogens is 346 g/mol. The number of ether oxygens (including phenoxy) is 1. The minimum atomic E-state index is -1.08. The van der Waals surface area contributed by atoms with Crippen molar-refractivity contribution in [1.82, 2.24) is 5.32 Å². The number of methoxy groups -OCH3 is 1. The summed E-state index contributed by atoms with van der Waals surface area (Å²) in [6, 6.07) is 17.7.